The van der Waals surface area contributed by atoms with Crippen LogP contribution in [0.15, 0.2) is 61.2 Å². The maximum Gasteiger partial charge on any atom is 0.339 e. The quantitative estimate of drug-likeness (QED) is 0.428. The van der Waals surface area contributed by atoms with Crippen molar-refractivity contribution >= 4 is 23.7 Å². The van der Waals surface area contributed by atoms with Crippen LogP contribution in [0.3, 0.4) is 0 Å². The Kier molecular flexibility index (Phi) is 5.59. The van der Waals surface area contributed by atoms with E-state index in [1.165, 1.54) is 29.2 Å². The summed E-state index contributed by atoms with van der Waals surface area (Å²) in [6, 6.07) is 12.8. The molecule has 1 atom stereocenters. The van der Waals surface area contributed by atoms with Crippen molar-refractivity contribution in [3.63, 3.8) is 0 Å². The zero-order chi connectivity index (χ0) is 21.1. The van der Waals surface area contributed by atoms with Gasteiger partial charge in [0.05, 0.1) is 16.7 Å². The number of carbonyl (C=O) groups is 4. The van der Waals surface area contributed by atoms with Crippen molar-refractivity contribution in [3.05, 3.63) is 83.4 Å². The van der Waals surface area contributed by atoms with Gasteiger partial charge in [-0.25, -0.2) is 4.79 Å². The summed E-state index contributed by atoms with van der Waals surface area (Å²) >= 11 is 0. The number of rotatable bonds is 6. The highest BCUT2D eigenvalue weighted by molar-refractivity contribution is 6.22. The Balaban J connectivity index is 1.89. The zero-order valence-corrected chi connectivity index (χ0v) is 16.1. The van der Waals surface area contributed by atoms with Crippen LogP contribution in [0.4, 0.5) is 0 Å². The third-order valence-corrected chi connectivity index (χ3v) is 4.51. The summed E-state index contributed by atoms with van der Waals surface area (Å²) in [7, 11) is 3.14. The summed E-state index contributed by atoms with van der Waals surface area (Å²) in [4.78, 5) is 52.4. The monoisotopic (exact) mass is 392 g/mol. The summed E-state index contributed by atoms with van der Waals surface area (Å²) in [6.45, 7) is 3.62. The lowest BCUT2D eigenvalue weighted by Crippen LogP contribution is -2.31. The van der Waals surface area contributed by atoms with E-state index in [0.29, 0.717) is 5.56 Å². The fourth-order valence-electron chi connectivity index (χ4n) is 3.01. The van der Waals surface area contributed by atoms with Crippen molar-refractivity contribution in [2.75, 3.05) is 20.6 Å². The maximum absolute atomic E-state index is 12.7. The second-order valence-corrected chi connectivity index (χ2v) is 6.70. The Labute approximate surface area is 168 Å². The SMILES string of the molecule is C=CCN1C(=O)c2ccc(C(=O)O[C@@H](C(=O)N(C)C)c3ccccc3)cc2C1=O. The topological polar surface area (TPSA) is 84.0 Å². The molecule has 0 radical (unpaired) electrons. The van der Waals surface area contributed by atoms with Crippen LogP contribution in [0.25, 0.3) is 0 Å². The largest absolute Gasteiger partial charge is 0.444 e. The fourth-order valence-corrected chi connectivity index (χ4v) is 3.01. The van der Waals surface area contributed by atoms with Gasteiger partial charge in [-0.1, -0.05) is 36.4 Å². The molecule has 0 aromatic heterocycles. The third kappa shape index (κ3) is 3.80. The number of fused-ring (bicyclic) bond motifs is 1. The Morgan fingerprint density at radius 1 is 1.07 bits per heavy atom. The fraction of sp³-hybridized carbons (Fsp3) is 0.182. The first-order chi connectivity index (χ1) is 13.8. The molecule has 0 spiro atoms. The van der Waals surface area contributed by atoms with Crippen molar-refractivity contribution < 1.29 is 23.9 Å². The molecule has 1 aliphatic heterocycles. The molecule has 0 saturated heterocycles. The van der Waals surface area contributed by atoms with Crippen LogP contribution < -0.4 is 0 Å². The van der Waals surface area contributed by atoms with Gasteiger partial charge in [0.2, 0.25) is 6.10 Å². The predicted molar refractivity (Wildman–Crippen MR) is 105 cm³/mol. The summed E-state index contributed by atoms with van der Waals surface area (Å²) in [5, 5.41) is 0. The Morgan fingerprint density at radius 3 is 2.34 bits per heavy atom. The summed E-state index contributed by atoms with van der Waals surface area (Å²) < 4.78 is 5.49. The summed E-state index contributed by atoms with van der Waals surface area (Å²) in [5.74, 6) is -2.09. The molecule has 0 unspecified atom stereocenters. The molecule has 148 valence electrons. The normalized spacial score (nSPS) is 13.7. The van der Waals surface area contributed by atoms with Gasteiger partial charge in [0, 0.05) is 26.2 Å². The lowest BCUT2D eigenvalue weighted by Gasteiger charge is -2.21. The number of likely N-dealkylation sites (N-methyl/N-ethyl adjacent to an activating group) is 1. The molecule has 29 heavy (non-hydrogen) atoms. The van der Waals surface area contributed by atoms with E-state index in [4.69, 9.17) is 4.74 Å². The van der Waals surface area contributed by atoms with Crippen molar-refractivity contribution in [2.24, 2.45) is 0 Å². The van der Waals surface area contributed by atoms with Gasteiger partial charge in [-0.15, -0.1) is 6.58 Å². The zero-order valence-electron chi connectivity index (χ0n) is 16.1. The molecule has 2 aromatic rings. The first-order valence-corrected chi connectivity index (χ1v) is 8.93. The van der Waals surface area contributed by atoms with Gasteiger partial charge in [0.15, 0.2) is 0 Å². The Bertz CT molecular complexity index is 998. The van der Waals surface area contributed by atoms with Gasteiger partial charge >= 0.3 is 5.97 Å². The number of benzene rings is 2. The van der Waals surface area contributed by atoms with Crippen molar-refractivity contribution in [3.8, 4) is 0 Å². The molecule has 1 aliphatic rings. The minimum Gasteiger partial charge on any atom is -0.444 e. The number of imide groups is 1. The second-order valence-electron chi connectivity index (χ2n) is 6.70. The first-order valence-electron chi connectivity index (χ1n) is 8.93. The molecule has 0 saturated carbocycles. The molecule has 0 fully saturated rings. The molecule has 0 aliphatic carbocycles. The number of carbonyl (C=O) groups excluding carboxylic acids is 4. The minimum absolute atomic E-state index is 0.0813. The molecule has 0 bridgehead atoms. The lowest BCUT2D eigenvalue weighted by atomic mass is 10.1. The van der Waals surface area contributed by atoms with Gasteiger partial charge in [-0.3, -0.25) is 19.3 Å². The van der Waals surface area contributed by atoms with E-state index in [-0.39, 0.29) is 23.2 Å². The molecule has 0 N–H and O–H groups in total. The molecular weight excluding hydrogens is 372 g/mol. The summed E-state index contributed by atoms with van der Waals surface area (Å²) in [6.07, 6.45) is 0.329. The second kappa shape index (κ2) is 8.10. The number of ether oxygens (including phenoxy) is 1. The average Bonchev–Trinajstić information content (AvgIpc) is 2.96. The standard InChI is InChI=1S/C22H20N2O5/c1-4-12-24-19(25)16-11-10-15(13-17(16)20(24)26)22(28)29-18(21(27)23(2)3)14-8-6-5-7-9-14/h4-11,13,18H,1,12H2,2-3H3/t18-/m1/s1. The highest BCUT2D eigenvalue weighted by atomic mass is 16.5. The highest BCUT2D eigenvalue weighted by Gasteiger charge is 2.36. The Morgan fingerprint density at radius 2 is 1.72 bits per heavy atom. The van der Waals surface area contributed by atoms with Gasteiger partial charge in [0.25, 0.3) is 17.7 Å². The average molecular weight is 392 g/mol. The van der Waals surface area contributed by atoms with Crippen molar-refractivity contribution in [2.45, 2.75) is 6.10 Å². The van der Waals surface area contributed by atoms with E-state index < -0.39 is 29.8 Å². The van der Waals surface area contributed by atoms with Crippen LogP contribution in [0, 0.1) is 0 Å². The van der Waals surface area contributed by atoms with E-state index >= 15 is 0 Å². The molecule has 2 aromatic carbocycles. The van der Waals surface area contributed by atoms with Gasteiger partial charge in [-0.05, 0) is 18.2 Å². The van der Waals surface area contributed by atoms with Crippen molar-refractivity contribution in [1.82, 2.24) is 9.80 Å². The van der Waals surface area contributed by atoms with E-state index in [1.54, 1.807) is 44.4 Å². The number of nitrogens with zero attached hydrogens (tertiary/aromatic N) is 2. The molecule has 7 nitrogen and oxygen atoms in total. The number of hydrogen-bond donors (Lipinski definition) is 0. The third-order valence-electron chi connectivity index (χ3n) is 4.51. The Hall–Kier alpha value is -3.74. The smallest absolute Gasteiger partial charge is 0.339 e. The highest BCUT2D eigenvalue weighted by Crippen LogP contribution is 2.26. The van der Waals surface area contributed by atoms with E-state index in [0.717, 1.165) is 4.90 Å². The summed E-state index contributed by atoms with van der Waals surface area (Å²) in [5.41, 5.74) is 0.959. The van der Waals surface area contributed by atoms with E-state index in [9.17, 15) is 19.2 Å². The molecule has 7 heteroatoms. The molecule has 1 heterocycles. The van der Waals surface area contributed by atoms with Crippen molar-refractivity contribution in [1.29, 1.82) is 0 Å². The van der Waals surface area contributed by atoms with Gasteiger partial charge < -0.3 is 9.64 Å². The van der Waals surface area contributed by atoms with E-state index in [1.807, 2.05) is 0 Å². The van der Waals surface area contributed by atoms with Crippen LogP contribution in [0.1, 0.15) is 42.7 Å². The number of amides is 3. The molecular formula is C22H20N2O5. The van der Waals surface area contributed by atoms with Crippen LogP contribution >= 0.6 is 0 Å². The number of hydrogen-bond acceptors (Lipinski definition) is 5. The van der Waals surface area contributed by atoms with Gasteiger partial charge in [0.1, 0.15) is 0 Å². The van der Waals surface area contributed by atoms with Crippen LogP contribution in [0.5, 0.6) is 0 Å². The van der Waals surface area contributed by atoms with Crippen LogP contribution in [-0.4, -0.2) is 54.1 Å². The lowest BCUT2D eigenvalue weighted by molar-refractivity contribution is -0.138. The first kappa shape index (κ1) is 20.0. The predicted octanol–water partition coefficient (Wildman–Crippen LogP) is 2.45. The van der Waals surface area contributed by atoms with Crippen LogP contribution in [0.2, 0.25) is 0 Å². The molecule has 3 rings (SSSR count). The van der Waals surface area contributed by atoms with E-state index in [2.05, 4.69) is 6.58 Å². The minimum atomic E-state index is -1.12. The van der Waals surface area contributed by atoms with Crippen LogP contribution in [-0.2, 0) is 9.53 Å². The number of esters is 1. The molecule has 3 amide bonds. The maximum atomic E-state index is 12.7. The van der Waals surface area contributed by atoms with Gasteiger partial charge in [-0.2, -0.15) is 0 Å².